The molecule has 12 heavy (non-hydrogen) atoms. The Morgan fingerprint density at radius 2 is 2.08 bits per heavy atom. The van der Waals surface area contributed by atoms with E-state index in [0.717, 1.165) is 0 Å². The highest BCUT2D eigenvalue weighted by atomic mass is 19.1. The second-order valence-corrected chi connectivity index (χ2v) is 2.57. The third kappa shape index (κ3) is 1.03. The number of rotatable bonds is 0. The van der Waals surface area contributed by atoms with Crippen LogP contribution in [0.3, 0.4) is 0 Å². The van der Waals surface area contributed by atoms with Crippen LogP contribution in [0.15, 0.2) is 29.3 Å². The zero-order valence-electron chi connectivity index (χ0n) is 6.20. The third-order valence-corrected chi connectivity index (χ3v) is 1.72. The van der Waals surface area contributed by atoms with E-state index < -0.39 is 12.1 Å². The SMILES string of the molecule is O=C1C=c2ccccc2=NC1F. The molecule has 0 aliphatic carbocycles. The van der Waals surface area contributed by atoms with Crippen molar-refractivity contribution in [1.29, 1.82) is 0 Å². The minimum absolute atomic E-state index is 0.546. The van der Waals surface area contributed by atoms with Crippen molar-refractivity contribution in [3.8, 4) is 0 Å². The van der Waals surface area contributed by atoms with E-state index in [1.54, 1.807) is 24.3 Å². The number of ketones is 1. The summed E-state index contributed by atoms with van der Waals surface area (Å²) in [5.74, 6) is -0.575. The predicted molar refractivity (Wildman–Crippen MR) is 41.6 cm³/mol. The highest BCUT2D eigenvalue weighted by Crippen LogP contribution is 1.96. The van der Waals surface area contributed by atoms with Crippen LogP contribution in [0.4, 0.5) is 4.39 Å². The lowest BCUT2D eigenvalue weighted by atomic mass is 10.2. The van der Waals surface area contributed by atoms with Gasteiger partial charge in [0.25, 0.3) is 6.30 Å². The van der Waals surface area contributed by atoms with Crippen LogP contribution in [-0.4, -0.2) is 12.1 Å². The summed E-state index contributed by atoms with van der Waals surface area (Å²) in [5.41, 5.74) is 0. The number of para-hydroxylation sites is 1. The van der Waals surface area contributed by atoms with Crippen molar-refractivity contribution in [2.45, 2.75) is 6.30 Å². The van der Waals surface area contributed by atoms with E-state index in [1.807, 2.05) is 0 Å². The van der Waals surface area contributed by atoms with Crippen LogP contribution < -0.4 is 10.6 Å². The van der Waals surface area contributed by atoms with Crippen LogP contribution in [0.5, 0.6) is 0 Å². The highest BCUT2D eigenvalue weighted by molar-refractivity contribution is 6.09. The van der Waals surface area contributed by atoms with Crippen molar-refractivity contribution in [2.24, 2.45) is 4.99 Å². The number of fused-ring (bicyclic) bond motifs is 1. The summed E-state index contributed by atoms with van der Waals surface area (Å²) in [6, 6.07) is 6.98. The summed E-state index contributed by atoms with van der Waals surface area (Å²) in [4.78, 5) is 14.4. The first-order valence-corrected chi connectivity index (χ1v) is 3.60. The fourth-order valence-corrected chi connectivity index (χ4v) is 1.13. The van der Waals surface area contributed by atoms with Gasteiger partial charge >= 0.3 is 0 Å². The number of halogens is 1. The molecule has 0 bridgehead atoms. The Labute approximate surface area is 68.1 Å². The molecule has 1 aromatic rings. The first-order valence-electron chi connectivity index (χ1n) is 3.60. The molecule has 0 amide bonds. The van der Waals surface area contributed by atoms with E-state index in [-0.39, 0.29) is 0 Å². The molecule has 0 N–H and O–H groups in total. The summed E-state index contributed by atoms with van der Waals surface area (Å²) in [7, 11) is 0. The lowest BCUT2D eigenvalue weighted by Gasteiger charge is -2.02. The van der Waals surface area contributed by atoms with Crippen molar-refractivity contribution in [3.63, 3.8) is 0 Å². The number of hydrogen-bond acceptors (Lipinski definition) is 2. The quantitative estimate of drug-likeness (QED) is 0.494. The monoisotopic (exact) mass is 163 g/mol. The smallest absolute Gasteiger partial charge is 0.252 e. The minimum atomic E-state index is -1.71. The van der Waals surface area contributed by atoms with Gasteiger partial charge in [0.2, 0.25) is 5.78 Å². The number of carbonyl (C=O) groups excluding carboxylic acids is 1. The zero-order chi connectivity index (χ0) is 8.55. The predicted octanol–water partition coefficient (Wildman–Crippen LogP) is -0.0350. The maximum absolute atomic E-state index is 12.7. The number of hydrogen-bond donors (Lipinski definition) is 0. The fraction of sp³-hybridized carbons (Fsp3) is 0.111. The number of carbonyl (C=O) groups is 1. The van der Waals surface area contributed by atoms with E-state index in [1.165, 1.54) is 6.08 Å². The van der Waals surface area contributed by atoms with E-state index in [0.29, 0.717) is 10.6 Å². The van der Waals surface area contributed by atoms with Crippen molar-refractivity contribution in [1.82, 2.24) is 0 Å². The molecule has 60 valence electrons. The minimum Gasteiger partial charge on any atom is -0.289 e. The fourth-order valence-electron chi connectivity index (χ4n) is 1.13. The molecule has 0 radical (unpaired) electrons. The molecule has 1 atom stereocenters. The van der Waals surface area contributed by atoms with E-state index in [9.17, 15) is 9.18 Å². The average molecular weight is 163 g/mol. The Morgan fingerprint density at radius 1 is 1.33 bits per heavy atom. The second kappa shape index (κ2) is 2.52. The largest absolute Gasteiger partial charge is 0.289 e. The molecule has 3 heteroatoms. The average Bonchev–Trinajstić information content (AvgIpc) is 2.07. The summed E-state index contributed by atoms with van der Waals surface area (Å²) < 4.78 is 12.7. The molecule has 0 saturated heterocycles. The normalized spacial score (nSPS) is 20.8. The van der Waals surface area contributed by atoms with E-state index in [4.69, 9.17) is 0 Å². The zero-order valence-corrected chi connectivity index (χ0v) is 6.20. The Kier molecular flexibility index (Phi) is 1.50. The van der Waals surface area contributed by atoms with E-state index >= 15 is 0 Å². The maximum Gasteiger partial charge on any atom is 0.252 e. The molecular formula is C9H6FNO. The van der Waals surface area contributed by atoms with Crippen LogP contribution >= 0.6 is 0 Å². The molecule has 0 fully saturated rings. The molecule has 0 saturated carbocycles. The molecule has 0 spiro atoms. The van der Waals surface area contributed by atoms with Crippen molar-refractivity contribution in [2.75, 3.05) is 0 Å². The molecule has 1 heterocycles. The number of Topliss-reactive ketones (excluding diaryl/α,β-unsaturated/α-hetero) is 1. The third-order valence-electron chi connectivity index (χ3n) is 1.72. The van der Waals surface area contributed by atoms with Gasteiger partial charge in [0.15, 0.2) is 0 Å². The lowest BCUT2D eigenvalue weighted by Crippen LogP contribution is -2.33. The van der Waals surface area contributed by atoms with Gasteiger partial charge in [-0.15, -0.1) is 0 Å². The Hall–Kier alpha value is -1.51. The number of benzene rings is 1. The maximum atomic E-state index is 12.7. The molecule has 1 aromatic carbocycles. The molecule has 1 unspecified atom stereocenters. The Balaban J connectivity index is 2.79. The van der Waals surface area contributed by atoms with Crippen LogP contribution in [0.2, 0.25) is 0 Å². The summed E-state index contributed by atoms with van der Waals surface area (Å²) in [6.45, 7) is 0. The van der Waals surface area contributed by atoms with Crippen LogP contribution in [0.1, 0.15) is 0 Å². The number of alkyl halides is 1. The summed E-state index contributed by atoms with van der Waals surface area (Å²) in [5, 5.41) is 1.24. The van der Waals surface area contributed by atoms with Crippen molar-refractivity contribution >= 4 is 11.9 Å². The molecule has 2 nitrogen and oxygen atoms in total. The van der Waals surface area contributed by atoms with Crippen molar-refractivity contribution < 1.29 is 9.18 Å². The van der Waals surface area contributed by atoms with Gasteiger partial charge in [-0.25, -0.2) is 9.38 Å². The van der Waals surface area contributed by atoms with Gasteiger partial charge in [0, 0.05) is 5.22 Å². The van der Waals surface area contributed by atoms with Crippen LogP contribution in [-0.2, 0) is 4.79 Å². The van der Waals surface area contributed by atoms with Gasteiger partial charge in [0.05, 0.1) is 5.36 Å². The topological polar surface area (TPSA) is 29.4 Å². The molecular weight excluding hydrogens is 157 g/mol. The van der Waals surface area contributed by atoms with Gasteiger partial charge in [-0.1, -0.05) is 18.2 Å². The summed E-state index contributed by atoms with van der Waals surface area (Å²) in [6.07, 6.45) is -0.424. The molecule has 0 aromatic heterocycles. The first-order chi connectivity index (χ1) is 5.77. The molecule has 1 aliphatic rings. The van der Waals surface area contributed by atoms with Crippen LogP contribution in [0.25, 0.3) is 6.08 Å². The van der Waals surface area contributed by atoms with Gasteiger partial charge < -0.3 is 0 Å². The number of nitrogens with zero attached hydrogens (tertiary/aromatic N) is 1. The van der Waals surface area contributed by atoms with Gasteiger partial charge in [-0.3, -0.25) is 4.79 Å². The van der Waals surface area contributed by atoms with E-state index in [2.05, 4.69) is 4.99 Å². The van der Waals surface area contributed by atoms with Gasteiger partial charge in [0.1, 0.15) is 0 Å². The van der Waals surface area contributed by atoms with Crippen LogP contribution in [0, 0.1) is 0 Å². The van der Waals surface area contributed by atoms with Gasteiger partial charge in [-0.05, 0) is 12.1 Å². The second-order valence-electron chi connectivity index (χ2n) is 2.57. The lowest BCUT2D eigenvalue weighted by molar-refractivity contribution is -0.117. The highest BCUT2D eigenvalue weighted by Gasteiger charge is 2.15. The summed E-state index contributed by atoms with van der Waals surface area (Å²) >= 11 is 0. The Bertz CT molecular complexity index is 438. The van der Waals surface area contributed by atoms with Gasteiger partial charge in [-0.2, -0.15) is 0 Å². The Morgan fingerprint density at radius 3 is 2.92 bits per heavy atom. The van der Waals surface area contributed by atoms with Crippen molar-refractivity contribution in [3.05, 3.63) is 34.8 Å². The molecule has 2 rings (SSSR count). The molecule has 1 aliphatic heterocycles. The standard InChI is InChI=1S/C9H6FNO/c10-9-8(12)5-6-3-1-2-4-7(6)11-9/h1-5,9H. The first kappa shape index (κ1) is 7.16.